The second-order valence-electron chi connectivity index (χ2n) is 6.43. The molecule has 3 rings (SSSR count). The Kier molecular flexibility index (Phi) is 4.97. The predicted octanol–water partition coefficient (Wildman–Crippen LogP) is 3.42. The van der Waals surface area contributed by atoms with Crippen LogP contribution in [0, 0.1) is 5.92 Å². The molecule has 1 aliphatic heterocycles. The van der Waals surface area contributed by atoms with Gasteiger partial charge >= 0.3 is 0 Å². The van der Waals surface area contributed by atoms with E-state index in [4.69, 9.17) is 4.74 Å². The third kappa shape index (κ3) is 3.43. The van der Waals surface area contributed by atoms with Crippen molar-refractivity contribution in [3.05, 3.63) is 29.8 Å². The smallest absolute Gasteiger partial charge is 0.221 e. The Morgan fingerprint density at radius 1 is 1.32 bits per heavy atom. The number of hydrogen-bond donors (Lipinski definition) is 1. The van der Waals surface area contributed by atoms with Crippen LogP contribution in [0.5, 0.6) is 5.75 Å². The van der Waals surface area contributed by atoms with Crippen molar-refractivity contribution in [3.8, 4) is 5.75 Å². The van der Waals surface area contributed by atoms with Crippen LogP contribution in [-0.4, -0.2) is 30.1 Å². The normalized spacial score (nSPS) is 29.0. The van der Waals surface area contributed by atoms with Crippen LogP contribution >= 0.6 is 11.8 Å². The lowest BCUT2D eigenvalue weighted by Gasteiger charge is -2.43. The number of thioether (sulfide) groups is 1. The second-order valence-corrected chi connectivity index (χ2v) is 7.94. The Morgan fingerprint density at radius 3 is 2.91 bits per heavy atom. The lowest BCUT2D eigenvalue weighted by Crippen LogP contribution is -2.41. The summed E-state index contributed by atoms with van der Waals surface area (Å²) in [6.45, 7) is 0.820. The summed E-state index contributed by atoms with van der Waals surface area (Å²) in [5.41, 5.74) is 1.36. The Labute approximate surface area is 137 Å². The van der Waals surface area contributed by atoms with Crippen LogP contribution in [0.2, 0.25) is 0 Å². The Bertz CT molecular complexity index is 516. The van der Waals surface area contributed by atoms with E-state index in [1.54, 1.807) is 7.11 Å². The van der Waals surface area contributed by atoms with Crippen molar-refractivity contribution in [1.82, 2.24) is 5.32 Å². The van der Waals surface area contributed by atoms with Crippen LogP contribution in [0.25, 0.3) is 0 Å². The quantitative estimate of drug-likeness (QED) is 0.928. The van der Waals surface area contributed by atoms with Crippen LogP contribution in [-0.2, 0) is 11.2 Å². The van der Waals surface area contributed by atoms with E-state index in [2.05, 4.69) is 17.4 Å². The zero-order valence-corrected chi connectivity index (χ0v) is 14.1. The first kappa shape index (κ1) is 15.7. The molecule has 0 aromatic heterocycles. The minimum Gasteiger partial charge on any atom is -0.497 e. The minimum atomic E-state index is 0.152. The summed E-state index contributed by atoms with van der Waals surface area (Å²) in [6.07, 6.45) is 6.76. The van der Waals surface area contributed by atoms with E-state index in [0.717, 1.165) is 24.5 Å². The molecule has 2 atom stereocenters. The molecular weight excluding hydrogens is 294 g/mol. The molecule has 1 aromatic carbocycles. The molecule has 1 amide bonds. The number of hydrogen-bond acceptors (Lipinski definition) is 3. The summed E-state index contributed by atoms with van der Waals surface area (Å²) in [6, 6.07) is 8.42. The molecule has 1 heterocycles. The van der Waals surface area contributed by atoms with Crippen LogP contribution in [0.4, 0.5) is 0 Å². The number of carbonyl (C=O) groups excluding carboxylic acids is 1. The van der Waals surface area contributed by atoms with Gasteiger partial charge in [-0.3, -0.25) is 4.79 Å². The van der Waals surface area contributed by atoms with E-state index >= 15 is 0 Å². The van der Waals surface area contributed by atoms with Gasteiger partial charge in [0.1, 0.15) is 5.75 Å². The monoisotopic (exact) mass is 319 g/mol. The average molecular weight is 319 g/mol. The standard InChI is InChI=1S/C18H25NO2S/c1-21-16-7-5-14(6-8-16)12-15-4-2-3-9-18(15)13-17(20)19-10-11-22-18/h5-8,15H,2-4,9-13H2,1H3,(H,19,20). The SMILES string of the molecule is COc1ccc(CC2CCCCC23CC(=O)NCCS3)cc1. The number of methoxy groups -OCH3 is 1. The fraction of sp³-hybridized carbons (Fsp3) is 0.611. The highest BCUT2D eigenvalue weighted by atomic mass is 32.2. The predicted molar refractivity (Wildman–Crippen MR) is 91.5 cm³/mol. The molecule has 2 unspecified atom stereocenters. The van der Waals surface area contributed by atoms with Gasteiger partial charge in [-0.25, -0.2) is 0 Å². The molecular formula is C18H25NO2S. The Balaban J connectivity index is 1.77. The van der Waals surface area contributed by atoms with Gasteiger partial charge in [0.2, 0.25) is 5.91 Å². The molecule has 2 fully saturated rings. The highest BCUT2D eigenvalue weighted by Crippen LogP contribution is 2.48. The summed E-state index contributed by atoms with van der Waals surface area (Å²) >= 11 is 2.04. The highest BCUT2D eigenvalue weighted by Gasteiger charge is 2.43. The fourth-order valence-electron chi connectivity index (χ4n) is 3.87. The van der Waals surface area contributed by atoms with Gasteiger partial charge in [0.25, 0.3) is 0 Å². The number of ether oxygens (including phenoxy) is 1. The van der Waals surface area contributed by atoms with Gasteiger partial charge in [0.15, 0.2) is 0 Å². The lowest BCUT2D eigenvalue weighted by atomic mass is 9.73. The topological polar surface area (TPSA) is 38.3 Å². The first-order valence-electron chi connectivity index (χ1n) is 8.25. The van der Waals surface area contributed by atoms with Crippen molar-refractivity contribution in [2.24, 2.45) is 5.92 Å². The molecule has 1 N–H and O–H groups in total. The number of rotatable bonds is 3. The summed E-state index contributed by atoms with van der Waals surface area (Å²) < 4.78 is 5.39. The number of amides is 1. The van der Waals surface area contributed by atoms with E-state index in [-0.39, 0.29) is 10.7 Å². The van der Waals surface area contributed by atoms with Crippen molar-refractivity contribution in [2.45, 2.75) is 43.3 Å². The zero-order valence-electron chi connectivity index (χ0n) is 13.3. The van der Waals surface area contributed by atoms with Crippen molar-refractivity contribution in [1.29, 1.82) is 0 Å². The van der Waals surface area contributed by atoms with Gasteiger partial charge in [0, 0.05) is 23.5 Å². The third-order valence-electron chi connectivity index (χ3n) is 5.06. The molecule has 1 spiro atoms. The largest absolute Gasteiger partial charge is 0.497 e. The molecule has 2 aliphatic rings. The van der Waals surface area contributed by atoms with E-state index in [9.17, 15) is 4.79 Å². The van der Waals surface area contributed by atoms with Crippen molar-refractivity contribution in [2.75, 3.05) is 19.4 Å². The number of benzene rings is 1. The van der Waals surface area contributed by atoms with Gasteiger partial charge in [-0.05, 0) is 42.9 Å². The summed E-state index contributed by atoms with van der Waals surface area (Å²) in [7, 11) is 1.70. The molecule has 3 nitrogen and oxygen atoms in total. The first-order valence-corrected chi connectivity index (χ1v) is 9.24. The molecule has 120 valence electrons. The van der Waals surface area contributed by atoms with E-state index < -0.39 is 0 Å². The summed E-state index contributed by atoms with van der Waals surface area (Å²) in [5, 5.41) is 3.04. The summed E-state index contributed by atoms with van der Waals surface area (Å²) in [5.74, 6) is 2.80. The number of nitrogens with one attached hydrogen (secondary N) is 1. The highest BCUT2D eigenvalue weighted by molar-refractivity contribution is 8.00. The molecule has 1 saturated heterocycles. The van der Waals surface area contributed by atoms with Gasteiger partial charge in [-0.2, -0.15) is 11.8 Å². The maximum atomic E-state index is 12.1. The van der Waals surface area contributed by atoms with Gasteiger partial charge in [0.05, 0.1) is 7.11 Å². The van der Waals surface area contributed by atoms with Gasteiger partial charge in [-0.15, -0.1) is 0 Å². The van der Waals surface area contributed by atoms with Gasteiger partial charge in [-0.1, -0.05) is 25.0 Å². The first-order chi connectivity index (χ1) is 10.7. The molecule has 0 bridgehead atoms. The van der Waals surface area contributed by atoms with Crippen LogP contribution in [0.1, 0.15) is 37.7 Å². The lowest BCUT2D eigenvalue weighted by molar-refractivity contribution is -0.121. The molecule has 4 heteroatoms. The maximum absolute atomic E-state index is 12.1. The van der Waals surface area contributed by atoms with Crippen LogP contribution < -0.4 is 10.1 Å². The molecule has 1 aliphatic carbocycles. The van der Waals surface area contributed by atoms with Crippen molar-refractivity contribution >= 4 is 17.7 Å². The van der Waals surface area contributed by atoms with Gasteiger partial charge < -0.3 is 10.1 Å². The van der Waals surface area contributed by atoms with E-state index in [1.165, 1.54) is 31.2 Å². The third-order valence-corrected chi connectivity index (χ3v) is 6.73. The Morgan fingerprint density at radius 2 is 2.14 bits per heavy atom. The Hall–Kier alpha value is -1.16. The van der Waals surface area contributed by atoms with Crippen molar-refractivity contribution in [3.63, 3.8) is 0 Å². The average Bonchev–Trinajstić information content (AvgIpc) is 2.72. The minimum absolute atomic E-state index is 0.152. The number of carbonyl (C=O) groups is 1. The molecule has 22 heavy (non-hydrogen) atoms. The fourth-order valence-corrected chi connectivity index (χ4v) is 5.44. The van der Waals surface area contributed by atoms with Crippen molar-refractivity contribution < 1.29 is 9.53 Å². The molecule has 0 radical (unpaired) electrons. The van der Waals surface area contributed by atoms with E-state index in [0.29, 0.717) is 12.3 Å². The molecule has 1 aromatic rings. The zero-order chi connectivity index (χ0) is 15.4. The molecule has 1 saturated carbocycles. The van der Waals surface area contributed by atoms with Crippen LogP contribution in [0.15, 0.2) is 24.3 Å². The van der Waals surface area contributed by atoms with Crippen LogP contribution in [0.3, 0.4) is 0 Å². The van der Waals surface area contributed by atoms with E-state index in [1.807, 2.05) is 23.9 Å². The summed E-state index contributed by atoms with van der Waals surface area (Å²) in [4.78, 5) is 12.1. The maximum Gasteiger partial charge on any atom is 0.221 e. The second kappa shape index (κ2) is 6.95.